The Labute approximate surface area is 558 Å². The Hall–Kier alpha value is -2.81. The number of hydrogen-bond acceptors (Lipinski definition) is 7. The normalized spacial score (nSPS) is 13.5. The Morgan fingerprint density at radius 1 is 0.356 bits per heavy atom. The number of nitrogens with zero attached hydrogens (tertiary/aromatic N) is 1. The van der Waals surface area contributed by atoms with Gasteiger partial charge in [-0.2, -0.15) is 0 Å². The molecular weight excluding hydrogens is 1130 g/mol. The van der Waals surface area contributed by atoms with Gasteiger partial charge in [0.25, 0.3) is 0 Å². The Bertz CT molecular complexity index is 1800. The van der Waals surface area contributed by atoms with Gasteiger partial charge in [-0.1, -0.05) is 362 Å². The predicted molar refractivity (Wildman–Crippen MR) is 390 cm³/mol. The summed E-state index contributed by atoms with van der Waals surface area (Å²) < 4.78 is 34.7. The molecule has 0 bridgehead atoms. The minimum Gasteiger partial charge on any atom is -0.462 e. The Balaban J connectivity index is 3.94. The zero-order valence-electron chi connectivity index (χ0n) is 59.9. The van der Waals surface area contributed by atoms with E-state index in [-0.39, 0.29) is 32.0 Å². The molecule has 0 aromatic heterocycles. The summed E-state index contributed by atoms with van der Waals surface area (Å²) in [5.41, 5.74) is 0. The zero-order chi connectivity index (χ0) is 65.5. The molecule has 2 atom stereocenters. The summed E-state index contributed by atoms with van der Waals surface area (Å²) in [6.07, 6.45) is 97.4. The maximum atomic E-state index is 12.9. The monoisotopic (exact) mass is 1280 g/mol. The highest BCUT2D eigenvalue weighted by molar-refractivity contribution is 7.47. The van der Waals surface area contributed by atoms with Gasteiger partial charge in [0.05, 0.1) is 27.7 Å². The van der Waals surface area contributed by atoms with E-state index in [1.807, 2.05) is 21.1 Å². The maximum absolute atomic E-state index is 12.9. The van der Waals surface area contributed by atoms with E-state index in [1.165, 1.54) is 244 Å². The van der Waals surface area contributed by atoms with E-state index in [4.69, 9.17) is 18.5 Å². The topological polar surface area (TPSA) is 108 Å². The molecule has 524 valence electrons. The fraction of sp³-hybridized carbons (Fsp3) is 0.800. The number of esters is 2. The van der Waals surface area contributed by atoms with Gasteiger partial charge in [-0.15, -0.1) is 0 Å². The van der Waals surface area contributed by atoms with Crippen molar-refractivity contribution in [2.24, 2.45) is 0 Å². The smallest absolute Gasteiger partial charge is 0.462 e. The van der Waals surface area contributed by atoms with Gasteiger partial charge >= 0.3 is 19.8 Å². The van der Waals surface area contributed by atoms with Crippen molar-refractivity contribution in [3.8, 4) is 0 Å². The lowest BCUT2D eigenvalue weighted by atomic mass is 10.0. The Morgan fingerprint density at radius 2 is 0.633 bits per heavy atom. The first-order chi connectivity index (χ1) is 44.0. The van der Waals surface area contributed by atoms with Crippen LogP contribution in [0.4, 0.5) is 0 Å². The van der Waals surface area contributed by atoms with Crippen molar-refractivity contribution in [3.05, 3.63) is 85.1 Å². The van der Waals surface area contributed by atoms with Crippen LogP contribution >= 0.6 is 7.82 Å². The first kappa shape index (κ1) is 87.2. The average molecular weight is 1280 g/mol. The van der Waals surface area contributed by atoms with Crippen molar-refractivity contribution in [3.63, 3.8) is 0 Å². The van der Waals surface area contributed by atoms with Crippen molar-refractivity contribution in [2.75, 3.05) is 47.5 Å². The molecule has 0 aliphatic heterocycles. The van der Waals surface area contributed by atoms with Crippen LogP contribution in [0.2, 0.25) is 0 Å². The van der Waals surface area contributed by atoms with Crippen LogP contribution in [-0.4, -0.2) is 74.9 Å². The van der Waals surface area contributed by atoms with Crippen LogP contribution in [-0.2, 0) is 32.7 Å². The SMILES string of the molecule is CC/C=C\C/C=C\C/C=C\C/C=C\C/C=C\C/C=C\C/C=C\CCCCCC(=O)OC(COC(=O)CCCCCCCCCCCCCCCCCCCCCCCCCCCCCCCCCCCCCCCCCCC)COP(=O)(O)OCC[N+](C)(C)C. The number of phosphoric ester groups is 1. The number of unbranched alkanes of at least 4 members (excludes halogenated alkanes) is 43. The third-order valence-electron chi connectivity index (χ3n) is 16.9. The molecule has 0 saturated carbocycles. The summed E-state index contributed by atoms with van der Waals surface area (Å²) in [6.45, 7) is 4.32. The van der Waals surface area contributed by atoms with E-state index in [0.717, 1.165) is 83.5 Å². The predicted octanol–water partition coefficient (Wildman–Crippen LogP) is 25.3. The number of phosphoric acid groups is 1. The minimum atomic E-state index is -4.41. The van der Waals surface area contributed by atoms with Crippen LogP contribution in [0.3, 0.4) is 0 Å². The first-order valence-corrected chi connectivity index (χ1v) is 39.8. The van der Waals surface area contributed by atoms with Gasteiger partial charge in [0, 0.05) is 12.8 Å². The summed E-state index contributed by atoms with van der Waals surface area (Å²) in [6, 6.07) is 0. The molecule has 0 amide bonds. The number of carbonyl (C=O) groups is 2. The number of rotatable bonds is 71. The molecule has 0 radical (unpaired) electrons. The van der Waals surface area contributed by atoms with E-state index in [2.05, 4.69) is 98.9 Å². The molecule has 90 heavy (non-hydrogen) atoms. The van der Waals surface area contributed by atoms with E-state index in [9.17, 15) is 19.0 Å². The Morgan fingerprint density at radius 3 is 0.944 bits per heavy atom. The molecule has 2 unspecified atom stereocenters. The molecule has 0 rings (SSSR count). The van der Waals surface area contributed by atoms with Crippen molar-refractivity contribution in [1.29, 1.82) is 0 Å². The molecule has 0 fully saturated rings. The molecular formula is C80H147NO8P+. The standard InChI is InChI=1S/C80H146NO8P/c1-6-8-10-12-14-16-18-20-22-24-26-28-30-32-33-34-35-36-37-38-39-40-41-42-43-44-45-46-47-49-50-52-54-56-58-60-62-64-66-68-70-72-79(82)86-76-78(77-88-90(84,85)87-75-74-81(3,4)5)89-80(83)73-71-69-67-65-63-61-59-57-55-53-51-48-31-29-27-25-23-21-19-17-15-13-11-9-7-2/h9,11,15,17,21,23,27,29,48,51,55,57,61,63,78H,6-8,10,12-14,16,18-20,22,24-26,28,30-47,49-50,52-54,56,58-60,62,64-77H2,1-5H3/p+1/b11-9-,17-15-,23-21-,29-27-,51-48-,57-55-,63-61-. The van der Waals surface area contributed by atoms with E-state index in [0.29, 0.717) is 17.4 Å². The Kier molecular flexibility index (Phi) is 68.3. The maximum Gasteiger partial charge on any atom is 0.472 e. The third-order valence-corrected chi connectivity index (χ3v) is 17.9. The molecule has 0 saturated heterocycles. The quantitative estimate of drug-likeness (QED) is 0.0211. The van der Waals surface area contributed by atoms with Crippen LogP contribution in [0.25, 0.3) is 0 Å². The zero-order valence-corrected chi connectivity index (χ0v) is 60.8. The summed E-state index contributed by atoms with van der Waals surface area (Å²) >= 11 is 0. The second-order valence-corrected chi connectivity index (χ2v) is 28.5. The second-order valence-electron chi connectivity index (χ2n) is 27.0. The van der Waals surface area contributed by atoms with Gasteiger partial charge in [0.2, 0.25) is 0 Å². The van der Waals surface area contributed by atoms with Crippen LogP contribution in [0, 0.1) is 0 Å². The first-order valence-electron chi connectivity index (χ1n) is 38.3. The number of ether oxygens (including phenoxy) is 2. The third kappa shape index (κ3) is 74.2. The lowest BCUT2D eigenvalue weighted by molar-refractivity contribution is -0.870. The minimum absolute atomic E-state index is 0.0221. The lowest BCUT2D eigenvalue weighted by Crippen LogP contribution is -2.37. The van der Waals surface area contributed by atoms with Gasteiger partial charge in [-0.05, 0) is 70.6 Å². The number of hydrogen-bond donors (Lipinski definition) is 1. The van der Waals surface area contributed by atoms with Crippen LogP contribution in [0.1, 0.15) is 361 Å². The summed E-state index contributed by atoms with van der Waals surface area (Å²) in [5.74, 6) is -0.827. The molecule has 0 heterocycles. The second kappa shape index (κ2) is 70.5. The number of allylic oxidation sites excluding steroid dienone is 14. The summed E-state index contributed by atoms with van der Waals surface area (Å²) in [7, 11) is 1.46. The van der Waals surface area contributed by atoms with Gasteiger partial charge in [-0.3, -0.25) is 18.6 Å². The van der Waals surface area contributed by atoms with E-state index < -0.39 is 26.5 Å². The molecule has 0 aromatic carbocycles. The van der Waals surface area contributed by atoms with Crippen LogP contribution < -0.4 is 0 Å². The highest BCUT2D eigenvalue weighted by atomic mass is 31.2. The van der Waals surface area contributed by atoms with Crippen molar-refractivity contribution in [1.82, 2.24) is 0 Å². The van der Waals surface area contributed by atoms with Gasteiger partial charge in [0.1, 0.15) is 19.8 Å². The number of carbonyl (C=O) groups excluding carboxylic acids is 2. The van der Waals surface area contributed by atoms with E-state index in [1.54, 1.807) is 0 Å². The average Bonchev–Trinajstić information content (AvgIpc) is 3.58. The van der Waals surface area contributed by atoms with Crippen LogP contribution in [0.5, 0.6) is 0 Å². The van der Waals surface area contributed by atoms with Gasteiger partial charge in [-0.25, -0.2) is 4.57 Å². The molecule has 9 nitrogen and oxygen atoms in total. The molecule has 10 heteroatoms. The van der Waals surface area contributed by atoms with Crippen molar-refractivity contribution >= 4 is 19.8 Å². The molecule has 0 aliphatic rings. The van der Waals surface area contributed by atoms with Crippen LogP contribution in [0.15, 0.2) is 85.1 Å². The fourth-order valence-electron chi connectivity index (χ4n) is 11.1. The molecule has 0 spiro atoms. The largest absolute Gasteiger partial charge is 0.472 e. The van der Waals surface area contributed by atoms with Gasteiger partial charge < -0.3 is 18.9 Å². The summed E-state index contributed by atoms with van der Waals surface area (Å²) in [5, 5.41) is 0. The molecule has 0 aromatic rings. The highest BCUT2D eigenvalue weighted by Crippen LogP contribution is 2.43. The number of likely N-dealkylation sites (N-methyl/N-ethyl adjacent to an activating group) is 1. The van der Waals surface area contributed by atoms with Crippen molar-refractivity contribution in [2.45, 2.75) is 367 Å². The lowest BCUT2D eigenvalue weighted by Gasteiger charge is -2.24. The molecule has 0 aliphatic carbocycles. The van der Waals surface area contributed by atoms with Crippen molar-refractivity contribution < 1.29 is 42.1 Å². The molecule has 1 N–H and O–H groups in total. The van der Waals surface area contributed by atoms with E-state index >= 15 is 0 Å². The van der Waals surface area contributed by atoms with Gasteiger partial charge in [0.15, 0.2) is 6.10 Å². The number of quaternary nitrogens is 1. The fourth-order valence-corrected chi connectivity index (χ4v) is 11.9. The summed E-state index contributed by atoms with van der Waals surface area (Å²) in [4.78, 5) is 35.9. The highest BCUT2D eigenvalue weighted by Gasteiger charge is 2.27.